The molecule has 0 radical (unpaired) electrons. The van der Waals surface area contributed by atoms with Crippen molar-refractivity contribution in [3.63, 3.8) is 0 Å². The monoisotopic (exact) mass is 402 g/mol. The van der Waals surface area contributed by atoms with Gasteiger partial charge in [-0.3, -0.25) is 9.59 Å². The molecule has 3 rings (SSSR count). The van der Waals surface area contributed by atoms with Crippen LogP contribution in [0.1, 0.15) is 40.9 Å². The van der Waals surface area contributed by atoms with Gasteiger partial charge in [-0.15, -0.1) is 0 Å². The fraction of sp³-hybridized carbons (Fsp3) is 0.238. The normalized spacial score (nSPS) is 14.3. The Morgan fingerprint density at radius 1 is 1.19 bits per heavy atom. The van der Waals surface area contributed by atoms with Crippen molar-refractivity contribution >= 4 is 40.7 Å². The minimum atomic E-state index is -0.211. The third-order valence-corrected chi connectivity index (χ3v) is 5.54. The molecule has 2 aromatic carbocycles. The fourth-order valence-corrected chi connectivity index (χ4v) is 3.79. The van der Waals surface area contributed by atoms with Crippen LogP contribution in [-0.4, -0.2) is 35.2 Å². The van der Waals surface area contributed by atoms with Crippen molar-refractivity contribution in [1.82, 2.24) is 9.80 Å². The molecule has 0 aliphatic carbocycles. The van der Waals surface area contributed by atoms with Gasteiger partial charge in [-0.2, -0.15) is 0 Å². The molecule has 27 heavy (non-hydrogen) atoms. The lowest BCUT2D eigenvalue weighted by Gasteiger charge is -2.27. The number of hydrogen-bond acceptors (Lipinski definition) is 2. The van der Waals surface area contributed by atoms with Crippen molar-refractivity contribution in [3.8, 4) is 0 Å². The van der Waals surface area contributed by atoms with E-state index in [1.807, 2.05) is 31.2 Å². The van der Waals surface area contributed by atoms with Gasteiger partial charge in [-0.1, -0.05) is 54.0 Å². The SMILES string of the molecule is C=C1c2ccccc2C(=O)N1CCC(=O)N(C)C(C)c1ccc(Cl)cc1Cl. The number of benzene rings is 2. The average molecular weight is 403 g/mol. The van der Waals surface area contributed by atoms with Crippen molar-refractivity contribution in [1.29, 1.82) is 0 Å². The average Bonchev–Trinajstić information content (AvgIpc) is 2.89. The topological polar surface area (TPSA) is 40.6 Å². The van der Waals surface area contributed by atoms with Gasteiger partial charge in [0.05, 0.1) is 6.04 Å². The van der Waals surface area contributed by atoms with Crippen molar-refractivity contribution in [2.45, 2.75) is 19.4 Å². The Balaban J connectivity index is 1.66. The Labute approximate surface area is 169 Å². The van der Waals surface area contributed by atoms with E-state index in [0.29, 0.717) is 21.3 Å². The molecular formula is C21H20Cl2N2O2. The number of amides is 2. The molecule has 1 unspecified atom stereocenters. The van der Waals surface area contributed by atoms with Crippen molar-refractivity contribution in [3.05, 3.63) is 75.8 Å². The van der Waals surface area contributed by atoms with Gasteiger partial charge in [0.1, 0.15) is 0 Å². The van der Waals surface area contributed by atoms with Crippen LogP contribution in [-0.2, 0) is 4.79 Å². The lowest BCUT2D eigenvalue weighted by molar-refractivity contribution is -0.131. The molecule has 0 fully saturated rings. The van der Waals surface area contributed by atoms with E-state index < -0.39 is 0 Å². The van der Waals surface area contributed by atoms with Crippen LogP contribution < -0.4 is 0 Å². The largest absolute Gasteiger partial charge is 0.339 e. The highest BCUT2D eigenvalue weighted by Crippen LogP contribution is 2.32. The van der Waals surface area contributed by atoms with Crippen LogP contribution in [0.15, 0.2) is 49.0 Å². The number of fused-ring (bicyclic) bond motifs is 1. The smallest absolute Gasteiger partial charge is 0.258 e. The van der Waals surface area contributed by atoms with Crippen molar-refractivity contribution in [2.75, 3.05) is 13.6 Å². The summed E-state index contributed by atoms with van der Waals surface area (Å²) in [5.74, 6) is -0.190. The minimum absolute atomic E-state index is 0.0786. The first kappa shape index (κ1) is 19.5. The fourth-order valence-electron chi connectivity index (χ4n) is 3.22. The van der Waals surface area contributed by atoms with Crippen LogP contribution in [0.2, 0.25) is 10.0 Å². The molecule has 6 heteroatoms. The molecule has 1 atom stereocenters. The summed E-state index contributed by atoms with van der Waals surface area (Å²) in [6.07, 6.45) is 0.199. The maximum atomic E-state index is 12.7. The molecule has 0 aromatic heterocycles. The Hall–Kier alpha value is -2.30. The zero-order valence-corrected chi connectivity index (χ0v) is 16.7. The zero-order valence-electron chi connectivity index (χ0n) is 15.2. The summed E-state index contributed by atoms with van der Waals surface area (Å²) in [6.45, 7) is 6.20. The molecule has 2 amide bonds. The molecule has 140 valence electrons. The quantitative estimate of drug-likeness (QED) is 0.703. The Kier molecular flexibility index (Phi) is 5.59. The van der Waals surface area contributed by atoms with Gasteiger partial charge >= 0.3 is 0 Å². The second-order valence-electron chi connectivity index (χ2n) is 6.55. The lowest BCUT2D eigenvalue weighted by Crippen LogP contribution is -2.33. The number of carbonyl (C=O) groups excluding carboxylic acids is 2. The summed E-state index contributed by atoms with van der Waals surface area (Å²) in [6, 6.07) is 12.4. The van der Waals surface area contributed by atoms with Gasteiger partial charge in [-0.25, -0.2) is 0 Å². The Morgan fingerprint density at radius 2 is 1.85 bits per heavy atom. The van der Waals surface area contributed by atoms with Gasteiger partial charge in [0.25, 0.3) is 5.91 Å². The maximum Gasteiger partial charge on any atom is 0.258 e. The summed E-state index contributed by atoms with van der Waals surface area (Å²) in [5.41, 5.74) is 2.92. The molecule has 0 bridgehead atoms. The van der Waals surface area contributed by atoms with E-state index in [1.54, 1.807) is 35.0 Å². The van der Waals surface area contributed by atoms with Gasteiger partial charge < -0.3 is 9.80 Å². The summed E-state index contributed by atoms with van der Waals surface area (Å²) in [5, 5.41) is 1.07. The molecule has 0 N–H and O–H groups in total. The van der Waals surface area contributed by atoms with Gasteiger partial charge in [0.2, 0.25) is 5.91 Å². The third-order valence-electron chi connectivity index (χ3n) is 4.98. The first-order valence-corrected chi connectivity index (χ1v) is 9.37. The van der Waals surface area contributed by atoms with Crippen LogP contribution in [0.4, 0.5) is 0 Å². The number of nitrogens with zero attached hydrogens (tertiary/aromatic N) is 2. The summed E-state index contributed by atoms with van der Waals surface area (Å²) >= 11 is 12.2. The molecule has 1 aliphatic heterocycles. The van der Waals surface area contributed by atoms with E-state index in [1.165, 1.54) is 0 Å². The molecule has 1 aliphatic rings. The number of halogens is 2. The summed E-state index contributed by atoms with van der Waals surface area (Å²) < 4.78 is 0. The molecule has 4 nitrogen and oxygen atoms in total. The zero-order chi connectivity index (χ0) is 19.7. The van der Waals surface area contributed by atoms with E-state index in [0.717, 1.165) is 11.1 Å². The number of hydrogen-bond donors (Lipinski definition) is 0. The number of rotatable bonds is 5. The maximum absolute atomic E-state index is 12.7. The highest BCUT2D eigenvalue weighted by molar-refractivity contribution is 6.35. The van der Waals surface area contributed by atoms with Crippen LogP contribution in [0.25, 0.3) is 5.70 Å². The second-order valence-corrected chi connectivity index (χ2v) is 7.39. The predicted octanol–water partition coefficient (Wildman–Crippen LogP) is 5.03. The second kappa shape index (κ2) is 7.75. The third kappa shape index (κ3) is 3.73. The lowest BCUT2D eigenvalue weighted by atomic mass is 10.1. The van der Waals surface area contributed by atoms with Crippen LogP contribution in [0.5, 0.6) is 0 Å². The van der Waals surface area contributed by atoms with E-state index in [-0.39, 0.29) is 30.8 Å². The first-order valence-electron chi connectivity index (χ1n) is 8.62. The van der Waals surface area contributed by atoms with Gasteiger partial charge in [0, 0.05) is 46.9 Å². The summed E-state index contributed by atoms with van der Waals surface area (Å²) in [7, 11) is 1.73. The molecular weight excluding hydrogens is 383 g/mol. The highest BCUT2D eigenvalue weighted by atomic mass is 35.5. The van der Waals surface area contributed by atoms with E-state index >= 15 is 0 Å². The molecule has 1 heterocycles. The van der Waals surface area contributed by atoms with Gasteiger partial charge in [-0.05, 0) is 30.7 Å². The van der Waals surface area contributed by atoms with Crippen molar-refractivity contribution < 1.29 is 9.59 Å². The van der Waals surface area contributed by atoms with Crippen LogP contribution in [0, 0.1) is 0 Å². The van der Waals surface area contributed by atoms with E-state index in [2.05, 4.69) is 6.58 Å². The molecule has 0 spiro atoms. The number of carbonyl (C=O) groups is 2. The minimum Gasteiger partial charge on any atom is -0.339 e. The summed E-state index contributed by atoms with van der Waals surface area (Å²) in [4.78, 5) is 28.4. The van der Waals surface area contributed by atoms with Crippen LogP contribution in [0.3, 0.4) is 0 Å². The van der Waals surface area contributed by atoms with E-state index in [4.69, 9.17) is 23.2 Å². The van der Waals surface area contributed by atoms with Gasteiger partial charge in [0.15, 0.2) is 0 Å². The van der Waals surface area contributed by atoms with Crippen LogP contribution >= 0.6 is 23.2 Å². The Bertz CT molecular complexity index is 891. The predicted molar refractivity (Wildman–Crippen MR) is 109 cm³/mol. The Morgan fingerprint density at radius 3 is 2.48 bits per heavy atom. The molecule has 2 aromatic rings. The molecule has 0 saturated carbocycles. The van der Waals surface area contributed by atoms with E-state index in [9.17, 15) is 9.59 Å². The first-order chi connectivity index (χ1) is 12.8. The molecule has 0 saturated heterocycles. The highest BCUT2D eigenvalue weighted by Gasteiger charge is 2.31. The standard InChI is InChI=1S/C21H20Cl2N2O2/c1-13(17-9-8-15(22)12-19(17)23)24(3)20(26)10-11-25-14(2)16-6-4-5-7-18(16)21(25)27/h4-9,12-13H,2,10-11H2,1,3H3. The van der Waals surface area contributed by atoms with Crippen molar-refractivity contribution in [2.24, 2.45) is 0 Å².